The summed E-state index contributed by atoms with van der Waals surface area (Å²) in [6.07, 6.45) is 4.02. The second-order valence-electron chi connectivity index (χ2n) is 5.46. The van der Waals surface area contributed by atoms with Crippen molar-refractivity contribution in [2.45, 2.75) is 45.4 Å². The van der Waals surface area contributed by atoms with Crippen LogP contribution in [0.3, 0.4) is 0 Å². The van der Waals surface area contributed by atoms with E-state index in [9.17, 15) is 4.79 Å². The predicted octanol–water partition coefficient (Wildman–Crippen LogP) is 2.95. The molecule has 0 fully saturated rings. The number of hydrogen-bond acceptors (Lipinski definition) is 3. The first-order chi connectivity index (χ1) is 9.69. The lowest BCUT2D eigenvalue weighted by Crippen LogP contribution is -2.22. The first-order valence-corrected chi connectivity index (χ1v) is 7.34. The van der Waals surface area contributed by atoms with E-state index in [0.717, 1.165) is 49.2 Å². The van der Waals surface area contributed by atoms with Gasteiger partial charge >= 0.3 is 0 Å². The molecule has 0 spiro atoms. The second-order valence-corrected chi connectivity index (χ2v) is 5.46. The zero-order chi connectivity index (χ0) is 14.1. The van der Waals surface area contributed by atoms with Crippen molar-refractivity contribution in [3.8, 4) is 0 Å². The van der Waals surface area contributed by atoms with Gasteiger partial charge < -0.3 is 9.73 Å². The van der Waals surface area contributed by atoms with Gasteiger partial charge in [-0.05, 0) is 36.8 Å². The van der Waals surface area contributed by atoms with Gasteiger partial charge in [0.15, 0.2) is 11.5 Å². The van der Waals surface area contributed by atoms with Crippen LogP contribution in [0.5, 0.6) is 0 Å². The van der Waals surface area contributed by atoms with E-state index >= 15 is 0 Å². The van der Waals surface area contributed by atoms with E-state index in [4.69, 9.17) is 4.42 Å². The van der Waals surface area contributed by atoms with E-state index < -0.39 is 0 Å². The molecule has 1 aromatic heterocycles. The van der Waals surface area contributed by atoms with Crippen molar-refractivity contribution in [3.63, 3.8) is 0 Å². The number of aryl methyl sites for hydroxylation is 2. The van der Waals surface area contributed by atoms with Crippen LogP contribution >= 0.6 is 0 Å². The van der Waals surface area contributed by atoms with Gasteiger partial charge in [-0.15, -0.1) is 0 Å². The molecule has 0 bridgehead atoms. The van der Waals surface area contributed by atoms with Crippen LogP contribution in [0.25, 0.3) is 11.1 Å². The smallest absolute Gasteiger partial charge is 0.216 e. The van der Waals surface area contributed by atoms with Gasteiger partial charge in [0.05, 0.1) is 0 Å². The van der Waals surface area contributed by atoms with Crippen molar-refractivity contribution in [1.29, 1.82) is 0 Å². The summed E-state index contributed by atoms with van der Waals surface area (Å²) >= 11 is 0. The maximum Gasteiger partial charge on any atom is 0.216 e. The Morgan fingerprint density at radius 1 is 1.50 bits per heavy atom. The molecule has 4 nitrogen and oxygen atoms in total. The van der Waals surface area contributed by atoms with E-state index in [1.165, 1.54) is 11.1 Å². The van der Waals surface area contributed by atoms with E-state index in [2.05, 4.69) is 29.4 Å². The van der Waals surface area contributed by atoms with Crippen LogP contribution in [0.1, 0.15) is 49.6 Å². The number of carbonyl (C=O) groups excluding carboxylic acids is 1. The normalized spacial score (nSPS) is 17.4. The molecule has 3 rings (SSSR count). The highest BCUT2D eigenvalue weighted by Crippen LogP contribution is 2.40. The Kier molecular flexibility index (Phi) is 3.47. The standard InChI is InChI=1S/C16H20N2O2/c1-3-14-18-13-7-6-11-4-5-12(8-9-17-10(2)19)15(11)16(13)20-14/h6-7,12H,3-5,8-9H2,1-2H3,(H,17,19)/t12-/m0/s1. The van der Waals surface area contributed by atoms with Gasteiger partial charge in [-0.25, -0.2) is 4.98 Å². The maximum absolute atomic E-state index is 11.0. The zero-order valence-corrected chi connectivity index (χ0v) is 12.0. The van der Waals surface area contributed by atoms with Gasteiger partial charge in [-0.2, -0.15) is 0 Å². The lowest BCUT2D eigenvalue weighted by molar-refractivity contribution is -0.118. The molecule has 1 amide bonds. The molecule has 1 N–H and O–H groups in total. The first kappa shape index (κ1) is 13.2. The van der Waals surface area contributed by atoms with Gasteiger partial charge in [0.1, 0.15) is 5.52 Å². The van der Waals surface area contributed by atoms with Crippen LogP contribution < -0.4 is 5.32 Å². The SMILES string of the molecule is CCc1nc2ccc3c(c2o1)[C@H](CCNC(C)=O)CC3. The topological polar surface area (TPSA) is 55.1 Å². The number of benzene rings is 1. The number of rotatable bonds is 4. The number of nitrogens with zero attached hydrogens (tertiary/aromatic N) is 1. The second kappa shape index (κ2) is 5.27. The molecular formula is C16H20N2O2. The van der Waals surface area contributed by atoms with Crippen molar-refractivity contribution in [2.75, 3.05) is 6.54 Å². The Hall–Kier alpha value is -1.84. The highest BCUT2D eigenvalue weighted by molar-refractivity contribution is 5.79. The predicted molar refractivity (Wildman–Crippen MR) is 77.7 cm³/mol. The fourth-order valence-corrected chi connectivity index (χ4v) is 3.10. The molecule has 4 heteroatoms. The lowest BCUT2D eigenvalue weighted by Gasteiger charge is -2.11. The molecule has 0 unspecified atom stereocenters. The van der Waals surface area contributed by atoms with Crippen LogP contribution in [0.4, 0.5) is 0 Å². The fourth-order valence-electron chi connectivity index (χ4n) is 3.10. The van der Waals surface area contributed by atoms with E-state index in [1.54, 1.807) is 6.92 Å². The third kappa shape index (κ3) is 2.30. The van der Waals surface area contributed by atoms with Gasteiger partial charge in [0, 0.05) is 25.5 Å². The van der Waals surface area contributed by atoms with E-state index in [-0.39, 0.29) is 5.91 Å². The van der Waals surface area contributed by atoms with Crippen LogP contribution in [0, 0.1) is 0 Å². The summed E-state index contributed by atoms with van der Waals surface area (Å²) in [5.41, 5.74) is 4.63. The number of fused-ring (bicyclic) bond motifs is 3. The number of hydrogen-bond donors (Lipinski definition) is 1. The van der Waals surface area contributed by atoms with Crippen LogP contribution in [0.2, 0.25) is 0 Å². The summed E-state index contributed by atoms with van der Waals surface area (Å²) < 4.78 is 5.92. The van der Waals surface area contributed by atoms with Gasteiger partial charge in [-0.1, -0.05) is 13.0 Å². The largest absolute Gasteiger partial charge is 0.440 e. The molecule has 1 aromatic carbocycles. The zero-order valence-electron chi connectivity index (χ0n) is 12.0. The van der Waals surface area contributed by atoms with Crippen LogP contribution in [-0.2, 0) is 17.6 Å². The Bertz CT molecular complexity index is 645. The van der Waals surface area contributed by atoms with Crippen LogP contribution in [-0.4, -0.2) is 17.4 Å². The van der Waals surface area contributed by atoms with Crippen molar-refractivity contribution >= 4 is 17.0 Å². The number of oxazole rings is 1. The Labute approximate surface area is 118 Å². The summed E-state index contributed by atoms with van der Waals surface area (Å²) in [5, 5.41) is 2.88. The van der Waals surface area contributed by atoms with Crippen LogP contribution in [0.15, 0.2) is 16.5 Å². The van der Waals surface area contributed by atoms with Crippen molar-refractivity contribution in [2.24, 2.45) is 0 Å². The fraction of sp³-hybridized carbons (Fsp3) is 0.500. The minimum Gasteiger partial charge on any atom is -0.440 e. The third-order valence-corrected chi connectivity index (χ3v) is 4.07. The van der Waals surface area contributed by atoms with Gasteiger partial charge in [-0.3, -0.25) is 4.79 Å². The monoisotopic (exact) mass is 272 g/mol. The number of nitrogens with one attached hydrogen (secondary N) is 1. The van der Waals surface area contributed by atoms with E-state index in [1.807, 2.05) is 0 Å². The molecule has 0 saturated carbocycles. The summed E-state index contributed by atoms with van der Waals surface area (Å²) in [6, 6.07) is 4.24. The number of amides is 1. The molecule has 0 saturated heterocycles. The molecule has 20 heavy (non-hydrogen) atoms. The van der Waals surface area contributed by atoms with Crippen molar-refractivity contribution < 1.29 is 9.21 Å². The molecular weight excluding hydrogens is 252 g/mol. The quantitative estimate of drug-likeness (QED) is 0.931. The molecule has 0 radical (unpaired) electrons. The first-order valence-electron chi connectivity index (χ1n) is 7.34. The summed E-state index contributed by atoms with van der Waals surface area (Å²) in [5.74, 6) is 1.31. The summed E-state index contributed by atoms with van der Waals surface area (Å²) in [4.78, 5) is 15.5. The highest BCUT2D eigenvalue weighted by atomic mass is 16.3. The maximum atomic E-state index is 11.0. The van der Waals surface area contributed by atoms with E-state index in [0.29, 0.717) is 5.92 Å². The summed E-state index contributed by atoms with van der Waals surface area (Å²) in [6.45, 7) is 4.34. The third-order valence-electron chi connectivity index (χ3n) is 4.07. The van der Waals surface area contributed by atoms with Gasteiger partial charge in [0.25, 0.3) is 0 Å². The highest BCUT2D eigenvalue weighted by Gasteiger charge is 2.26. The minimum absolute atomic E-state index is 0.0364. The number of aromatic nitrogens is 1. The Balaban J connectivity index is 1.90. The van der Waals surface area contributed by atoms with Gasteiger partial charge in [0.2, 0.25) is 5.91 Å². The number of carbonyl (C=O) groups is 1. The van der Waals surface area contributed by atoms with Crippen molar-refractivity contribution in [1.82, 2.24) is 10.3 Å². The lowest BCUT2D eigenvalue weighted by atomic mass is 9.97. The molecule has 1 aliphatic rings. The molecule has 1 aliphatic carbocycles. The summed E-state index contributed by atoms with van der Waals surface area (Å²) in [7, 11) is 0. The molecule has 1 heterocycles. The molecule has 0 aliphatic heterocycles. The molecule has 1 atom stereocenters. The average molecular weight is 272 g/mol. The molecule has 2 aromatic rings. The minimum atomic E-state index is 0.0364. The van der Waals surface area contributed by atoms with Crippen molar-refractivity contribution in [3.05, 3.63) is 29.2 Å². The average Bonchev–Trinajstić information content (AvgIpc) is 3.00. The molecule has 106 valence electrons. The Morgan fingerprint density at radius 2 is 2.35 bits per heavy atom. The Morgan fingerprint density at radius 3 is 3.10 bits per heavy atom.